The van der Waals surface area contributed by atoms with Crippen LogP contribution in [-0.2, 0) is 10.0 Å². The lowest BCUT2D eigenvalue weighted by Gasteiger charge is -2.39. The van der Waals surface area contributed by atoms with Crippen molar-refractivity contribution < 1.29 is 13.5 Å². The van der Waals surface area contributed by atoms with E-state index in [1.807, 2.05) is 30.3 Å². The third-order valence-corrected chi connectivity index (χ3v) is 7.02. The molecule has 0 amide bonds. The van der Waals surface area contributed by atoms with Gasteiger partial charge in [-0.25, -0.2) is 8.42 Å². The van der Waals surface area contributed by atoms with E-state index < -0.39 is 10.0 Å². The molecule has 2 aromatic rings. The lowest BCUT2D eigenvalue weighted by atomic mass is 10.0. The molecule has 2 aromatic carbocycles. The Morgan fingerprint density at radius 1 is 1.00 bits per heavy atom. The quantitative estimate of drug-likeness (QED) is 0.885. The molecule has 5 nitrogen and oxygen atoms in total. The fourth-order valence-corrected chi connectivity index (χ4v) is 5.22. The maximum atomic E-state index is 13.1. The van der Waals surface area contributed by atoms with Crippen LogP contribution in [0.1, 0.15) is 13.8 Å². The van der Waals surface area contributed by atoms with Crippen molar-refractivity contribution in [2.75, 3.05) is 32.8 Å². The first kappa shape index (κ1) is 18.3. The van der Waals surface area contributed by atoms with E-state index in [1.54, 1.807) is 16.4 Å². The van der Waals surface area contributed by atoms with Crippen LogP contribution in [0.3, 0.4) is 0 Å². The Kier molecular flexibility index (Phi) is 5.43. The summed E-state index contributed by atoms with van der Waals surface area (Å²) in [6.07, 6.45) is 0. The molecule has 0 aliphatic carbocycles. The number of sulfonamides is 1. The van der Waals surface area contributed by atoms with Gasteiger partial charge in [-0.3, -0.25) is 4.90 Å². The van der Waals surface area contributed by atoms with Crippen molar-refractivity contribution >= 4 is 20.8 Å². The van der Waals surface area contributed by atoms with Crippen LogP contribution in [0.5, 0.6) is 0 Å². The largest absolute Gasteiger partial charge is 0.395 e. The smallest absolute Gasteiger partial charge is 0.243 e. The van der Waals surface area contributed by atoms with Gasteiger partial charge in [-0.1, -0.05) is 50.2 Å². The molecule has 1 heterocycles. The van der Waals surface area contributed by atoms with E-state index in [0.29, 0.717) is 37.0 Å². The van der Waals surface area contributed by atoms with Gasteiger partial charge in [0.05, 0.1) is 11.5 Å². The number of benzene rings is 2. The highest BCUT2D eigenvalue weighted by Crippen LogP contribution is 2.26. The van der Waals surface area contributed by atoms with Crippen molar-refractivity contribution in [2.24, 2.45) is 5.92 Å². The molecule has 0 saturated carbocycles. The zero-order valence-electron chi connectivity index (χ0n) is 14.8. The summed E-state index contributed by atoms with van der Waals surface area (Å²) in [5.74, 6) is 0.339. The monoisotopic (exact) mass is 362 g/mol. The molecule has 3 rings (SSSR count). The topological polar surface area (TPSA) is 60.9 Å². The Hall–Kier alpha value is -1.47. The van der Waals surface area contributed by atoms with Crippen molar-refractivity contribution in [3.8, 4) is 0 Å². The molecule has 25 heavy (non-hydrogen) atoms. The molecule has 0 unspecified atom stereocenters. The molecular formula is C19H26N2O3S. The number of hydrogen-bond donors (Lipinski definition) is 1. The van der Waals surface area contributed by atoms with Crippen LogP contribution in [0, 0.1) is 5.92 Å². The van der Waals surface area contributed by atoms with E-state index in [1.165, 1.54) is 0 Å². The minimum absolute atomic E-state index is 0.0856. The van der Waals surface area contributed by atoms with Gasteiger partial charge < -0.3 is 5.11 Å². The molecule has 1 atom stereocenters. The maximum absolute atomic E-state index is 13.1. The van der Waals surface area contributed by atoms with Gasteiger partial charge in [-0.2, -0.15) is 4.31 Å². The summed E-state index contributed by atoms with van der Waals surface area (Å²) in [7, 11) is -3.52. The van der Waals surface area contributed by atoms with Crippen LogP contribution in [0.25, 0.3) is 10.8 Å². The summed E-state index contributed by atoms with van der Waals surface area (Å²) in [6, 6.07) is 13.1. The first-order valence-electron chi connectivity index (χ1n) is 8.78. The van der Waals surface area contributed by atoms with E-state index in [0.717, 1.165) is 10.8 Å². The highest BCUT2D eigenvalue weighted by molar-refractivity contribution is 7.89. The minimum Gasteiger partial charge on any atom is -0.395 e. The number of piperazine rings is 1. The average Bonchev–Trinajstić information content (AvgIpc) is 2.62. The van der Waals surface area contributed by atoms with Gasteiger partial charge in [0.25, 0.3) is 0 Å². The molecular weight excluding hydrogens is 336 g/mol. The van der Waals surface area contributed by atoms with E-state index in [-0.39, 0.29) is 12.6 Å². The third kappa shape index (κ3) is 3.58. The lowest BCUT2D eigenvalue weighted by Crippen LogP contribution is -2.54. The van der Waals surface area contributed by atoms with Gasteiger partial charge >= 0.3 is 0 Å². The number of rotatable bonds is 5. The average molecular weight is 362 g/mol. The fraction of sp³-hybridized carbons (Fsp3) is 0.474. The Labute approximate surface area is 149 Å². The summed E-state index contributed by atoms with van der Waals surface area (Å²) < 4.78 is 27.8. The van der Waals surface area contributed by atoms with Crippen molar-refractivity contribution in [1.82, 2.24) is 9.21 Å². The first-order chi connectivity index (χ1) is 11.9. The number of hydrogen-bond acceptors (Lipinski definition) is 4. The Morgan fingerprint density at radius 2 is 1.64 bits per heavy atom. The van der Waals surface area contributed by atoms with Gasteiger partial charge in [-0.05, 0) is 17.4 Å². The SMILES string of the molecule is CC(C)[C@@H](CO)N1CCN(S(=O)(=O)c2cccc3ccccc23)CC1. The molecule has 1 aliphatic heterocycles. The van der Waals surface area contributed by atoms with Gasteiger partial charge in [0.2, 0.25) is 10.0 Å². The predicted octanol–water partition coefficient (Wildman–Crippen LogP) is 2.16. The van der Waals surface area contributed by atoms with Crippen LogP contribution >= 0.6 is 0 Å². The second-order valence-corrected chi connectivity index (χ2v) is 8.82. The number of fused-ring (bicyclic) bond motifs is 1. The summed E-state index contributed by atoms with van der Waals surface area (Å²) in [4.78, 5) is 2.57. The molecule has 1 fully saturated rings. The predicted molar refractivity (Wildman–Crippen MR) is 100.0 cm³/mol. The van der Waals surface area contributed by atoms with Crippen LogP contribution in [0.2, 0.25) is 0 Å². The molecule has 1 N–H and O–H groups in total. The number of nitrogens with zero attached hydrogens (tertiary/aromatic N) is 2. The van der Waals surface area contributed by atoms with E-state index >= 15 is 0 Å². The van der Waals surface area contributed by atoms with Crippen molar-refractivity contribution in [2.45, 2.75) is 24.8 Å². The highest BCUT2D eigenvalue weighted by atomic mass is 32.2. The zero-order valence-corrected chi connectivity index (χ0v) is 15.6. The summed E-state index contributed by atoms with van der Waals surface area (Å²) in [6.45, 7) is 6.47. The highest BCUT2D eigenvalue weighted by Gasteiger charge is 2.32. The molecule has 136 valence electrons. The van der Waals surface area contributed by atoms with Gasteiger partial charge in [0, 0.05) is 37.6 Å². The Balaban J connectivity index is 1.83. The van der Waals surface area contributed by atoms with E-state index in [2.05, 4.69) is 18.7 Å². The summed E-state index contributed by atoms with van der Waals surface area (Å²) in [5, 5.41) is 11.3. The van der Waals surface area contributed by atoms with E-state index in [9.17, 15) is 13.5 Å². The van der Waals surface area contributed by atoms with Crippen LogP contribution in [-0.4, -0.2) is 61.6 Å². The Bertz CT molecular complexity index is 822. The molecule has 0 spiro atoms. The number of aliphatic hydroxyl groups excluding tert-OH is 1. The lowest BCUT2D eigenvalue weighted by molar-refractivity contribution is 0.0644. The minimum atomic E-state index is -3.52. The van der Waals surface area contributed by atoms with Crippen LogP contribution in [0.4, 0.5) is 0 Å². The summed E-state index contributed by atoms with van der Waals surface area (Å²) >= 11 is 0. The number of aliphatic hydroxyl groups is 1. The second-order valence-electron chi connectivity index (χ2n) is 6.91. The molecule has 6 heteroatoms. The van der Waals surface area contributed by atoms with Crippen LogP contribution < -0.4 is 0 Å². The molecule has 0 bridgehead atoms. The van der Waals surface area contributed by atoms with Crippen LogP contribution in [0.15, 0.2) is 47.4 Å². The van der Waals surface area contributed by atoms with Gasteiger partial charge in [-0.15, -0.1) is 0 Å². The van der Waals surface area contributed by atoms with E-state index in [4.69, 9.17) is 0 Å². The molecule has 0 radical (unpaired) electrons. The fourth-order valence-electron chi connectivity index (χ4n) is 3.58. The Morgan fingerprint density at radius 3 is 2.28 bits per heavy atom. The zero-order chi connectivity index (χ0) is 18.0. The van der Waals surface area contributed by atoms with Crippen molar-refractivity contribution in [3.05, 3.63) is 42.5 Å². The molecule has 1 saturated heterocycles. The maximum Gasteiger partial charge on any atom is 0.243 e. The van der Waals surface area contributed by atoms with Gasteiger partial charge in [0.15, 0.2) is 0 Å². The molecule has 0 aromatic heterocycles. The van der Waals surface area contributed by atoms with Crippen molar-refractivity contribution in [1.29, 1.82) is 0 Å². The molecule has 1 aliphatic rings. The van der Waals surface area contributed by atoms with Crippen molar-refractivity contribution in [3.63, 3.8) is 0 Å². The third-order valence-electron chi connectivity index (χ3n) is 5.07. The standard InChI is InChI=1S/C19H26N2O3S/c1-15(2)18(14-22)20-10-12-21(13-11-20)25(23,24)19-9-5-7-16-6-3-4-8-17(16)19/h3-9,15,18,22H,10-14H2,1-2H3/t18-/m1/s1. The summed E-state index contributed by atoms with van der Waals surface area (Å²) in [5.41, 5.74) is 0. The normalized spacial score (nSPS) is 18.7. The van der Waals surface area contributed by atoms with Gasteiger partial charge in [0.1, 0.15) is 0 Å². The first-order valence-corrected chi connectivity index (χ1v) is 10.2. The second kappa shape index (κ2) is 7.41.